The van der Waals surface area contributed by atoms with Gasteiger partial charge in [-0.3, -0.25) is 4.79 Å². The molecule has 0 radical (unpaired) electrons. The van der Waals surface area contributed by atoms with Crippen LogP contribution in [-0.2, 0) is 9.53 Å². The molecule has 2 rings (SSSR count). The first-order chi connectivity index (χ1) is 9.27. The zero-order valence-corrected chi connectivity index (χ0v) is 13.3. The molecule has 0 aliphatic heterocycles. The van der Waals surface area contributed by atoms with Gasteiger partial charge in [-0.2, -0.15) is 0 Å². The van der Waals surface area contributed by atoms with E-state index in [-0.39, 0.29) is 29.5 Å². The number of rotatable bonds is 2. The van der Waals surface area contributed by atoms with E-state index >= 15 is 0 Å². The maximum absolute atomic E-state index is 11.5. The Morgan fingerprint density at radius 2 is 2.15 bits per heavy atom. The normalized spacial score (nSPS) is 41.0. The second kappa shape index (κ2) is 5.51. The van der Waals surface area contributed by atoms with Crippen LogP contribution in [0.15, 0.2) is 11.6 Å². The number of ether oxygens (including phenoxy) is 1. The highest BCUT2D eigenvalue weighted by Crippen LogP contribution is 2.54. The predicted octanol–water partition coefficient (Wildman–Crippen LogP) is 3.32. The zero-order valence-electron chi connectivity index (χ0n) is 13.3. The van der Waals surface area contributed by atoms with E-state index in [0.717, 1.165) is 19.3 Å². The molecule has 0 amide bonds. The monoisotopic (exact) mass is 280 g/mol. The van der Waals surface area contributed by atoms with Crippen molar-refractivity contribution >= 4 is 5.97 Å². The van der Waals surface area contributed by atoms with Gasteiger partial charge in [-0.25, -0.2) is 0 Å². The van der Waals surface area contributed by atoms with E-state index in [0.29, 0.717) is 11.8 Å². The van der Waals surface area contributed by atoms with Crippen LogP contribution in [0.3, 0.4) is 0 Å². The Labute approximate surface area is 122 Å². The largest absolute Gasteiger partial charge is 0.462 e. The third-order valence-electron chi connectivity index (χ3n) is 5.55. The number of carbonyl (C=O) groups is 1. The molecule has 5 unspecified atom stereocenters. The molecule has 1 saturated carbocycles. The van der Waals surface area contributed by atoms with Crippen molar-refractivity contribution < 1.29 is 14.6 Å². The van der Waals surface area contributed by atoms with E-state index in [9.17, 15) is 9.90 Å². The van der Waals surface area contributed by atoms with Crippen molar-refractivity contribution in [3.63, 3.8) is 0 Å². The van der Waals surface area contributed by atoms with Gasteiger partial charge in [-0.15, -0.1) is 0 Å². The summed E-state index contributed by atoms with van der Waals surface area (Å²) in [6.07, 6.45) is 4.44. The minimum atomic E-state index is -0.331. The van der Waals surface area contributed by atoms with Crippen molar-refractivity contribution in [2.24, 2.45) is 23.2 Å². The molecule has 0 aromatic carbocycles. The van der Waals surface area contributed by atoms with Crippen LogP contribution < -0.4 is 0 Å². The lowest BCUT2D eigenvalue weighted by Gasteiger charge is -2.54. The summed E-state index contributed by atoms with van der Waals surface area (Å²) < 4.78 is 5.73. The maximum Gasteiger partial charge on any atom is 0.302 e. The first kappa shape index (κ1) is 15.6. The molecule has 3 heteroatoms. The second-order valence-corrected chi connectivity index (χ2v) is 7.20. The Morgan fingerprint density at radius 3 is 2.70 bits per heavy atom. The second-order valence-electron chi connectivity index (χ2n) is 7.20. The third kappa shape index (κ3) is 2.52. The molecular formula is C17H28O3. The molecular weight excluding hydrogens is 252 g/mol. The first-order valence-electron chi connectivity index (χ1n) is 7.79. The number of esters is 1. The topological polar surface area (TPSA) is 46.5 Å². The summed E-state index contributed by atoms with van der Waals surface area (Å²) in [5.74, 6) is 0.801. The van der Waals surface area contributed by atoms with E-state index in [4.69, 9.17) is 4.74 Å². The number of hydrogen-bond donors (Lipinski definition) is 1. The molecule has 3 nitrogen and oxygen atoms in total. The van der Waals surface area contributed by atoms with E-state index < -0.39 is 0 Å². The number of aliphatic hydroxyl groups excluding tert-OH is 1. The summed E-state index contributed by atoms with van der Waals surface area (Å²) in [7, 11) is 0. The predicted molar refractivity (Wildman–Crippen MR) is 79.1 cm³/mol. The summed E-state index contributed by atoms with van der Waals surface area (Å²) in [5.41, 5.74) is 1.11. The van der Waals surface area contributed by atoms with Gasteiger partial charge >= 0.3 is 5.97 Å². The minimum absolute atomic E-state index is 0.0996. The molecule has 5 atom stereocenters. The molecule has 2 aliphatic carbocycles. The number of hydrogen-bond acceptors (Lipinski definition) is 3. The standard InChI is InChI=1S/C17H28O3/c1-10(2)13-8-9-17(5)14(19)7-6-11(3)15(17)16(13)20-12(4)18/h6,10,13-16,19H,7-9H2,1-5H3. The summed E-state index contributed by atoms with van der Waals surface area (Å²) in [5, 5.41) is 10.5. The number of aliphatic hydroxyl groups is 1. The van der Waals surface area contributed by atoms with Crippen LogP contribution in [0.1, 0.15) is 53.9 Å². The van der Waals surface area contributed by atoms with Gasteiger partial charge < -0.3 is 9.84 Å². The van der Waals surface area contributed by atoms with Gasteiger partial charge in [0.1, 0.15) is 6.10 Å². The molecule has 0 spiro atoms. The lowest BCUT2D eigenvalue weighted by atomic mass is 9.54. The SMILES string of the molecule is CC(=O)OC1C(C(C)C)CCC2(C)C(O)CC=C(C)C12. The first-order valence-corrected chi connectivity index (χ1v) is 7.79. The van der Waals surface area contributed by atoms with Crippen LogP contribution in [0.5, 0.6) is 0 Å². The van der Waals surface area contributed by atoms with Gasteiger partial charge in [-0.05, 0) is 38.0 Å². The Bertz CT molecular complexity index is 412. The fourth-order valence-electron chi connectivity index (χ4n) is 4.33. The molecule has 0 aromatic heterocycles. The molecule has 1 fully saturated rings. The van der Waals surface area contributed by atoms with Crippen LogP contribution in [0.4, 0.5) is 0 Å². The third-order valence-corrected chi connectivity index (χ3v) is 5.55. The average Bonchev–Trinajstić information content (AvgIpc) is 2.33. The highest BCUT2D eigenvalue weighted by Gasteiger charge is 2.53. The van der Waals surface area contributed by atoms with Crippen LogP contribution in [0, 0.1) is 23.2 Å². The average molecular weight is 280 g/mol. The lowest BCUT2D eigenvalue weighted by molar-refractivity contribution is -0.169. The van der Waals surface area contributed by atoms with Crippen LogP contribution >= 0.6 is 0 Å². The Hall–Kier alpha value is -0.830. The van der Waals surface area contributed by atoms with Crippen molar-refractivity contribution in [3.05, 3.63) is 11.6 Å². The van der Waals surface area contributed by atoms with Crippen molar-refractivity contribution in [3.8, 4) is 0 Å². The van der Waals surface area contributed by atoms with Crippen LogP contribution in [-0.4, -0.2) is 23.3 Å². The van der Waals surface area contributed by atoms with Gasteiger partial charge in [0.25, 0.3) is 0 Å². The van der Waals surface area contributed by atoms with Gasteiger partial charge in [0.05, 0.1) is 6.10 Å². The minimum Gasteiger partial charge on any atom is -0.462 e. The molecule has 0 heterocycles. The summed E-state index contributed by atoms with van der Waals surface area (Å²) in [6.45, 7) is 10.2. The zero-order chi connectivity index (χ0) is 15.1. The van der Waals surface area contributed by atoms with E-state index in [1.807, 2.05) is 0 Å². The Balaban J connectivity index is 2.40. The lowest BCUT2D eigenvalue weighted by Crippen LogP contribution is -2.55. The van der Waals surface area contributed by atoms with E-state index in [1.165, 1.54) is 12.5 Å². The van der Waals surface area contributed by atoms with Crippen LogP contribution in [0.2, 0.25) is 0 Å². The fourth-order valence-corrected chi connectivity index (χ4v) is 4.33. The smallest absolute Gasteiger partial charge is 0.302 e. The van der Waals surface area contributed by atoms with Gasteiger partial charge in [0, 0.05) is 18.3 Å². The molecule has 2 aliphatic rings. The number of fused-ring (bicyclic) bond motifs is 1. The van der Waals surface area contributed by atoms with Gasteiger partial charge in [0.2, 0.25) is 0 Å². The molecule has 0 saturated heterocycles. The Kier molecular flexibility index (Phi) is 4.29. The molecule has 0 bridgehead atoms. The van der Waals surface area contributed by atoms with Gasteiger partial charge in [-0.1, -0.05) is 32.4 Å². The quantitative estimate of drug-likeness (QED) is 0.623. The van der Waals surface area contributed by atoms with Crippen molar-refractivity contribution in [2.45, 2.75) is 66.1 Å². The molecule has 20 heavy (non-hydrogen) atoms. The molecule has 114 valence electrons. The summed E-state index contributed by atoms with van der Waals surface area (Å²) in [6, 6.07) is 0. The van der Waals surface area contributed by atoms with Crippen molar-refractivity contribution in [1.82, 2.24) is 0 Å². The summed E-state index contributed by atoms with van der Waals surface area (Å²) in [4.78, 5) is 11.5. The fraction of sp³-hybridized carbons (Fsp3) is 0.824. The van der Waals surface area contributed by atoms with Crippen molar-refractivity contribution in [1.29, 1.82) is 0 Å². The molecule has 0 aromatic rings. The van der Waals surface area contributed by atoms with E-state index in [2.05, 4.69) is 33.8 Å². The maximum atomic E-state index is 11.5. The van der Waals surface area contributed by atoms with E-state index in [1.54, 1.807) is 0 Å². The highest BCUT2D eigenvalue weighted by molar-refractivity contribution is 5.66. The van der Waals surface area contributed by atoms with Crippen molar-refractivity contribution in [2.75, 3.05) is 0 Å². The highest BCUT2D eigenvalue weighted by atomic mass is 16.5. The summed E-state index contributed by atoms with van der Waals surface area (Å²) >= 11 is 0. The number of carbonyl (C=O) groups excluding carboxylic acids is 1. The molecule has 1 N–H and O–H groups in total. The van der Waals surface area contributed by atoms with Gasteiger partial charge in [0.15, 0.2) is 0 Å². The Morgan fingerprint density at radius 1 is 1.50 bits per heavy atom. The van der Waals surface area contributed by atoms with Crippen LogP contribution in [0.25, 0.3) is 0 Å².